The van der Waals surface area contributed by atoms with Crippen LogP contribution in [-0.4, -0.2) is 25.2 Å². The molecular weight excluding hydrogens is 420 g/mol. The van der Waals surface area contributed by atoms with Crippen molar-refractivity contribution in [3.63, 3.8) is 0 Å². The van der Waals surface area contributed by atoms with Crippen LogP contribution in [0.5, 0.6) is 5.75 Å². The number of urea groups is 1. The monoisotopic (exact) mass is 446 g/mol. The molecular formula is C24H26N6O3. The zero-order chi connectivity index (χ0) is 23.5. The molecule has 9 nitrogen and oxygen atoms in total. The van der Waals surface area contributed by atoms with Gasteiger partial charge in [0.05, 0.1) is 11.4 Å². The molecule has 4 rings (SSSR count). The van der Waals surface area contributed by atoms with Crippen LogP contribution in [0.15, 0.2) is 59.7 Å². The number of rotatable bonds is 6. The number of para-hydroxylation sites is 2. The first-order valence-electron chi connectivity index (χ1n) is 10.7. The second kappa shape index (κ2) is 9.15. The Morgan fingerprint density at radius 3 is 2.58 bits per heavy atom. The van der Waals surface area contributed by atoms with E-state index in [2.05, 4.69) is 20.6 Å². The van der Waals surface area contributed by atoms with Gasteiger partial charge in [-0.1, -0.05) is 24.3 Å². The van der Waals surface area contributed by atoms with Crippen molar-refractivity contribution in [3.05, 3.63) is 82.0 Å². The lowest BCUT2D eigenvalue weighted by molar-refractivity contribution is 0.261. The molecule has 0 saturated heterocycles. The second-order valence-electron chi connectivity index (χ2n) is 8.03. The van der Waals surface area contributed by atoms with Crippen molar-refractivity contribution < 1.29 is 9.53 Å². The fraction of sp³-hybridized carbons (Fsp3) is 0.250. The van der Waals surface area contributed by atoms with E-state index in [1.165, 1.54) is 10.6 Å². The molecule has 33 heavy (non-hydrogen) atoms. The highest BCUT2D eigenvalue weighted by atomic mass is 16.5. The predicted molar refractivity (Wildman–Crippen MR) is 127 cm³/mol. The van der Waals surface area contributed by atoms with Crippen LogP contribution in [0.3, 0.4) is 0 Å². The molecule has 0 aliphatic rings. The topological polar surface area (TPSA) is 103 Å². The fourth-order valence-corrected chi connectivity index (χ4v) is 3.42. The number of carbonyl (C=O) groups excluding carboxylic acids is 1. The number of amides is 2. The fourth-order valence-electron chi connectivity index (χ4n) is 3.42. The molecule has 0 atom stereocenters. The summed E-state index contributed by atoms with van der Waals surface area (Å²) in [5, 5.41) is 5.69. The minimum Gasteiger partial charge on any atom is -0.485 e. The highest BCUT2D eigenvalue weighted by molar-refractivity contribution is 6.01. The van der Waals surface area contributed by atoms with Gasteiger partial charge >= 0.3 is 6.03 Å². The predicted octanol–water partition coefficient (Wildman–Crippen LogP) is 4.31. The number of anilines is 2. The van der Waals surface area contributed by atoms with E-state index in [9.17, 15) is 9.59 Å². The number of aromatic nitrogens is 4. The summed E-state index contributed by atoms with van der Waals surface area (Å²) in [6, 6.07) is 14.0. The molecule has 2 heterocycles. The van der Waals surface area contributed by atoms with Crippen LogP contribution in [0.4, 0.5) is 16.2 Å². The molecule has 0 fully saturated rings. The van der Waals surface area contributed by atoms with Crippen molar-refractivity contribution in [3.8, 4) is 5.75 Å². The number of fused-ring (bicyclic) bond motifs is 1. The molecule has 2 aromatic heterocycles. The first kappa shape index (κ1) is 22.1. The van der Waals surface area contributed by atoms with Gasteiger partial charge in [-0.2, -0.15) is 9.50 Å². The lowest BCUT2D eigenvalue weighted by Gasteiger charge is -2.14. The largest absolute Gasteiger partial charge is 0.485 e. The van der Waals surface area contributed by atoms with E-state index in [-0.39, 0.29) is 24.2 Å². The van der Waals surface area contributed by atoms with Gasteiger partial charge in [0.1, 0.15) is 18.7 Å². The third-order valence-electron chi connectivity index (χ3n) is 5.35. The van der Waals surface area contributed by atoms with Crippen LogP contribution in [0.25, 0.3) is 5.78 Å². The van der Waals surface area contributed by atoms with Crippen molar-refractivity contribution in [2.24, 2.45) is 0 Å². The number of benzene rings is 2. The summed E-state index contributed by atoms with van der Waals surface area (Å²) in [5.74, 6) is 0.775. The maximum Gasteiger partial charge on any atom is 0.323 e. The minimum atomic E-state index is -0.378. The van der Waals surface area contributed by atoms with Gasteiger partial charge in [0.25, 0.3) is 11.3 Å². The molecule has 0 bridgehead atoms. The van der Waals surface area contributed by atoms with E-state index in [1.807, 2.05) is 45.9 Å². The molecule has 0 spiro atoms. The van der Waals surface area contributed by atoms with Gasteiger partial charge < -0.3 is 15.4 Å². The Bertz CT molecular complexity index is 1370. The number of carbonyl (C=O) groups is 1. The minimum absolute atomic E-state index is 0.0532. The summed E-state index contributed by atoms with van der Waals surface area (Å²) < 4.78 is 9.04. The highest BCUT2D eigenvalue weighted by Crippen LogP contribution is 2.25. The van der Waals surface area contributed by atoms with Gasteiger partial charge in [-0.25, -0.2) is 9.78 Å². The smallest absolute Gasteiger partial charge is 0.323 e. The molecule has 0 radical (unpaired) electrons. The average Bonchev–Trinajstić information content (AvgIpc) is 3.21. The van der Waals surface area contributed by atoms with Gasteiger partial charge in [-0.05, 0) is 57.0 Å². The molecule has 2 amide bonds. The standard InChI is InChI=1S/C24H26N6O3/c1-15(2)29-14-25-23-26-18(12-22(31)30(23)29)13-33-21-11-6-5-9-20(21)28-24(32)27-19-10-7-8-16(3)17(19)4/h5-12,14-15H,13H2,1-4H3,(H2,27,28,32). The van der Waals surface area contributed by atoms with Crippen molar-refractivity contribution >= 4 is 23.2 Å². The number of nitrogens with zero attached hydrogens (tertiary/aromatic N) is 4. The average molecular weight is 447 g/mol. The van der Waals surface area contributed by atoms with E-state index in [0.29, 0.717) is 22.9 Å². The van der Waals surface area contributed by atoms with E-state index < -0.39 is 0 Å². The van der Waals surface area contributed by atoms with Crippen LogP contribution in [0.2, 0.25) is 0 Å². The molecule has 2 N–H and O–H groups in total. The Morgan fingerprint density at radius 1 is 1.06 bits per heavy atom. The first-order valence-corrected chi connectivity index (χ1v) is 10.7. The number of nitrogens with one attached hydrogen (secondary N) is 2. The lowest BCUT2D eigenvalue weighted by Crippen LogP contribution is -2.23. The maximum atomic E-state index is 12.6. The third-order valence-corrected chi connectivity index (χ3v) is 5.35. The Morgan fingerprint density at radius 2 is 1.79 bits per heavy atom. The van der Waals surface area contributed by atoms with Crippen LogP contribution in [0, 0.1) is 13.8 Å². The summed E-state index contributed by atoms with van der Waals surface area (Å²) in [7, 11) is 0. The Hall–Kier alpha value is -4.14. The van der Waals surface area contributed by atoms with Crippen LogP contribution < -0.4 is 20.9 Å². The van der Waals surface area contributed by atoms with Crippen LogP contribution >= 0.6 is 0 Å². The number of ether oxygens (including phenoxy) is 1. The van der Waals surface area contributed by atoms with Gasteiger partial charge in [0.15, 0.2) is 0 Å². The Kier molecular flexibility index (Phi) is 6.12. The summed E-state index contributed by atoms with van der Waals surface area (Å²) in [6.07, 6.45) is 1.59. The van der Waals surface area contributed by atoms with Gasteiger partial charge in [0, 0.05) is 17.8 Å². The van der Waals surface area contributed by atoms with Gasteiger partial charge in [-0.3, -0.25) is 9.48 Å². The molecule has 0 aliphatic heterocycles. The van der Waals surface area contributed by atoms with Crippen molar-refractivity contribution in [2.75, 3.05) is 10.6 Å². The van der Waals surface area contributed by atoms with Crippen molar-refractivity contribution in [2.45, 2.75) is 40.3 Å². The molecule has 170 valence electrons. The van der Waals surface area contributed by atoms with Gasteiger partial charge in [-0.15, -0.1) is 0 Å². The van der Waals surface area contributed by atoms with Crippen LogP contribution in [0.1, 0.15) is 36.7 Å². The van der Waals surface area contributed by atoms with E-state index in [0.717, 1.165) is 16.8 Å². The van der Waals surface area contributed by atoms with E-state index >= 15 is 0 Å². The summed E-state index contributed by atoms with van der Waals surface area (Å²) in [4.78, 5) is 33.8. The molecule has 9 heteroatoms. The number of hydrogen-bond donors (Lipinski definition) is 2. The second-order valence-corrected chi connectivity index (χ2v) is 8.03. The molecule has 0 aliphatic carbocycles. The van der Waals surface area contributed by atoms with Crippen LogP contribution in [-0.2, 0) is 6.61 Å². The Balaban J connectivity index is 1.48. The first-order chi connectivity index (χ1) is 15.8. The van der Waals surface area contributed by atoms with E-state index in [4.69, 9.17) is 4.74 Å². The zero-order valence-corrected chi connectivity index (χ0v) is 19.0. The SMILES string of the molecule is Cc1cccc(NC(=O)Nc2ccccc2OCc2cc(=O)n3c(ncn3C(C)C)n2)c1C. The number of aryl methyl sites for hydroxylation is 1. The van der Waals surface area contributed by atoms with E-state index in [1.54, 1.807) is 35.3 Å². The maximum absolute atomic E-state index is 12.6. The summed E-state index contributed by atoms with van der Waals surface area (Å²) in [5.41, 5.74) is 3.56. The van der Waals surface area contributed by atoms with Gasteiger partial charge in [0.2, 0.25) is 0 Å². The zero-order valence-electron chi connectivity index (χ0n) is 19.0. The molecule has 4 aromatic rings. The molecule has 0 saturated carbocycles. The third kappa shape index (κ3) is 4.72. The highest BCUT2D eigenvalue weighted by Gasteiger charge is 2.13. The molecule has 0 unspecified atom stereocenters. The number of hydrogen-bond acceptors (Lipinski definition) is 5. The summed E-state index contributed by atoms with van der Waals surface area (Å²) in [6.45, 7) is 7.93. The Labute approximate surface area is 191 Å². The normalized spacial score (nSPS) is 11.1. The van der Waals surface area contributed by atoms with Crippen molar-refractivity contribution in [1.29, 1.82) is 0 Å². The molecule has 2 aromatic carbocycles. The lowest BCUT2D eigenvalue weighted by atomic mass is 10.1. The summed E-state index contributed by atoms with van der Waals surface area (Å²) >= 11 is 0. The quantitative estimate of drug-likeness (QED) is 0.459. The van der Waals surface area contributed by atoms with Crippen molar-refractivity contribution in [1.82, 2.24) is 19.2 Å².